The summed E-state index contributed by atoms with van der Waals surface area (Å²) in [6, 6.07) is 7.90. The van der Waals surface area contributed by atoms with Crippen molar-refractivity contribution in [2.24, 2.45) is 0 Å². The third-order valence-corrected chi connectivity index (χ3v) is 5.05. The molecule has 124 valence electrons. The van der Waals surface area contributed by atoms with Crippen molar-refractivity contribution in [3.63, 3.8) is 0 Å². The molecule has 0 aliphatic carbocycles. The molecule has 1 atom stereocenters. The lowest BCUT2D eigenvalue weighted by molar-refractivity contribution is -0.131. The Morgan fingerprint density at radius 2 is 1.74 bits per heavy atom. The number of likely N-dealkylation sites (tertiary alicyclic amines) is 1. The average Bonchev–Trinajstić information content (AvgIpc) is 2.94. The fourth-order valence-electron chi connectivity index (χ4n) is 3.45. The van der Waals surface area contributed by atoms with E-state index < -0.39 is 0 Å². The maximum atomic E-state index is 12.6. The van der Waals surface area contributed by atoms with E-state index in [9.17, 15) is 9.59 Å². The van der Waals surface area contributed by atoms with Crippen molar-refractivity contribution in [3.05, 3.63) is 35.4 Å². The molecule has 0 saturated carbocycles. The van der Waals surface area contributed by atoms with Crippen LogP contribution in [0.1, 0.15) is 29.3 Å². The molecule has 1 aromatic carbocycles. The molecule has 2 aliphatic rings. The molecule has 23 heavy (non-hydrogen) atoms. The van der Waals surface area contributed by atoms with Gasteiger partial charge in [0.05, 0.1) is 6.04 Å². The zero-order valence-corrected chi connectivity index (χ0v) is 14.0. The van der Waals surface area contributed by atoms with Gasteiger partial charge in [0.1, 0.15) is 0 Å². The van der Waals surface area contributed by atoms with Gasteiger partial charge >= 0.3 is 0 Å². The number of hydrogen-bond donors (Lipinski definition) is 0. The molecule has 2 saturated heterocycles. The first-order valence-corrected chi connectivity index (χ1v) is 8.47. The summed E-state index contributed by atoms with van der Waals surface area (Å²) >= 11 is 0. The number of carbonyl (C=O) groups excluding carboxylic acids is 2. The molecule has 2 heterocycles. The highest BCUT2D eigenvalue weighted by atomic mass is 16.2. The van der Waals surface area contributed by atoms with Crippen molar-refractivity contribution in [2.45, 2.75) is 25.8 Å². The first-order chi connectivity index (χ1) is 11.1. The molecule has 1 unspecified atom stereocenters. The summed E-state index contributed by atoms with van der Waals surface area (Å²) in [5.74, 6) is 0.321. The number of piperazine rings is 1. The molecule has 2 amide bonds. The fraction of sp³-hybridized carbons (Fsp3) is 0.556. The zero-order valence-electron chi connectivity index (χ0n) is 14.0. The number of hydrogen-bond acceptors (Lipinski definition) is 3. The molecule has 0 aromatic heterocycles. The minimum Gasteiger partial charge on any atom is -0.344 e. The molecule has 5 heteroatoms. The van der Waals surface area contributed by atoms with Crippen LogP contribution in [-0.2, 0) is 11.2 Å². The van der Waals surface area contributed by atoms with Gasteiger partial charge in [-0.1, -0.05) is 19.1 Å². The summed E-state index contributed by atoms with van der Waals surface area (Å²) in [6.45, 7) is 5.90. The van der Waals surface area contributed by atoms with Crippen LogP contribution in [0.3, 0.4) is 0 Å². The highest BCUT2D eigenvalue weighted by molar-refractivity contribution is 5.94. The number of benzene rings is 1. The Bertz CT molecular complexity index is 576. The lowest BCUT2D eigenvalue weighted by Crippen LogP contribution is -2.53. The van der Waals surface area contributed by atoms with Gasteiger partial charge in [0.15, 0.2) is 0 Å². The van der Waals surface area contributed by atoms with Crippen molar-refractivity contribution in [2.75, 3.05) is 39.8 Å². The van der Waals surface area contributed by atoms with Gasteiger partial charge in [-0.25, -0.2) is 0 Å². The van der Waals surface area contributed by atoms with Gasteiger partial charge in [0.25, 0.3) is 5.91 Å². The Morgan fingerprint density at radius 1 is 1.09 bits per heavy atom. The second kappa shape index (κ2) is 6.71. The van der Waals surface area contributed by atoms with Crippen molar-refractivity contribution in [1.29, 1.82) is 0 Å². The van der Waals surface area contributed by atoms with Crippen molar-refractivity contribution in [3.8, 4) is 0 Å². The Kier molecular flexibility index (Phi) is 4.66. The number of aryl methyl sites for hydroxylation is 1. The first kappa shape index (κ1) is 16.0. The molecular formula is C18H25N3O2. The van der Waals surface area contributed by atoms with Crippen LogP contribution in [-0.4, -0.2) is 72.3 Å². The van der Waals surface area contributed by atoms with Gasteiger partial charge in [-0.15, -0.1) is 0 Å². The Hall–Kier alpha value is -1.88. The molecular weight excluding hydrogens is 290 g/mol. The summed E-state index contributed by atoms with van der Waals surface area (Å²) in [6.07, 6.45) is 1.89. The summed E-state index contributed by atoms with van der Waals surface area (Å²) in [5, 5.41) is 0. The minimum absolute atomic E-state index is 0.0149. The second-order valence-electron chi connectivity index (χ2n) is 6.44. The maximum absolute atomic E-state index is 12.6. The normalized spacial score (nSPS) is 22.7. The molecule has 0 radical (unpaired) electrons. The van der Waals surface area contributed by atoms with E-state index in [-0.39, 0.29) is 17.9 Å². The minimum atomic E-state index is 0.0149. The van der Waals surface area contributed by atoms with Crippen molar-refractivity contribution in [1.82, 2.24) is 14.7 Å². The van der Waals surface area contributed by atoms with Crippen LogP contribution in [0.2, 0.25) is 0 Å². The highest BCUT2D eigenvalue weighted by Gasteiger charge is 2.36. The Balaban J connectivity index is 1.58. The van der Waals surface area contributed by atoms with E-state index >= 15 is 0 Å². The van der Waals surface area contributed by atoms with E-state index in [1.54, 1.807) is 4.90 Å². The van der Waals surface area contributed by atoms with E-state index in [0.717, 1.165) is 38.0 Å². The number of rotatable bonds is 3. The van der Waals surface area contributed by atoms with Gasteiger partial charge in [0, 0.05) is 45.3 Å². The largest absolute Gasteiger partial charge is 0.344 e. The smallest absolute Gasteiger partial charge is 0.253 e. The topological polar surface area (TPSA) is 43.9 Å². The van der Waals surface area contributed by atoms with E-state index in [2.05, 4.69) is 11.8 Å². The summed E-state index contributed by atoms with van der Waals surface area (Å²) in [7, 11) is 1.86. The van der Waals surface area contributed by atoms with E-state index in [1.807, 2.05) is 36.2 Å². The molecule has 5 nitrogen and oxygen atoms in total. The monoisotopic (exact) mass is 315 g/mol. The average molecular weight is 315 g/mol. The van der Waals surface area contributed by atoms with Crippen molar-refractivity contribution < 1.29 is 9.59 Å². The summed E-state index contributed by atoms with van der Waals surface area (Å²) in [4.78, 5) is 30.6. The molecule has 0 N–H and O–H groups in total. The van der Waals surface area contributed by atoms with E-state index in [4.69, 9.17) is 0 Å². The summed E-state index contributed by atoms with van der Waals surface area (Å²) in [5.41, 5.74) is 2.00. The third kappa shape index (κ3) is 3.24. The Labute approximate surface area is 137 Å². The van der Waals surface area contributed by atoms with Crippen LogP contribution in [0, 0.1) is 0 Å². The SMILES string of the molecule is CCc1ccc(C(=O)N2CCN(C3CCN(C)C3=O)CC2)cc1. The molecule has 1 aromatic rings. The maximum Gasteiger partial charge on any atom is 0.253 e. The van der Waals surface area contributed by atoms with Crippen molar-refractivity contribution >= 4 is 11.8 Å². The third-order valence-electron chi connectivity index (χ3n) is 5.05. The number of amides is 2. The summed E-state index contributed by atoms with van der Waals surface area (Å²) < 4.78 is 0. The molecule has 0 spiro atoms. The lowest BCUT2D eigenvalue weighted by Gasteiger charge is -2.37. The van der Waals surface area contributed by atoms with Crippen LogP contribution in [0.15, 0.2) is 24.3 Å². The number of nitrogens with zero attached hydrogens (tertiary/aromatic N) is 3. The van der Waals surface area contributed by atoms with Gasteiger partial charge in [-0.2, -0.15) is 0 Å². The van der Waals surface area contributed by atoms with Gasteiger partial charge < -0.3 is 9.80 Å². The highest BCUT2D eigenvalue weighted by Crippen LogP contribution is 2.18. The molecule has 2 fully saturated rings. The zero-order chi connectivity index (χ0) is 16.4. The van der Waals surface area contributed by atoms with Crippen LogP contribution < -0.4 is 0 Å². The number of likely N-dealkylation sites (N-methyl/N-ethyl adjacent to an activating group) is 1. The van der Waals surface area contributed by atoms with E-state index in [1.165, 1.54) is 5.56 Å². The second-order valence-corrected chi connectivity index (χ2v) is 6.44. The standard InChI is InChI=1S/C18H25N3O2/c1-3-14-4-6-15(7-5-14)17(22)21-12-10-20(11-13-21)16-8-9-19(2)18(16)23/h4-7,16H,3,8-13H2,1-2H3. The van der Waals surface area contributed by atoms with Crippen LogP contribution in [0.5, 0.6) is 0 Å². The predicted octanol–water partition coefficient (Wildman–Crippen LogP) is 1.24. The lowest BCUT2D eigenvalue weighted by atomic mass is 10.1. The first-order valence-electron chi connectivity index (χ1n) is 8.47. The Morgan fingerprint density at radius 3 is 2.26 bits per heavy atom. The molecule has 3 rings (SSSR count). The van der Waals surface area contributed by atoms with Gasteiger partial charge in [-0.3, -0.25) is 14.5 Å². The quantitative estimate of drug-likeness (QED) is 0.843. The van der Waals surface area contributed by atoms with E-state index in [0.29, 0.717) is 13.1 Å². The van der Waals surface area contributed by atoms with Gasteiger partial charge in [-0.05, 0) is 30.5 Å². The van der Waals surface area contributed by atoms with Gasteiger partial charge in [0.2, 0.25) is 5.91 Å². The van der Waals surface area contributed by atoms with Crippen LogP contribution >= 0.6 is 0 Å². The predicted molar refractivity (Wildman–Crippen MR) is 89.3 cm³/mol. The van der Waals surface area contributed by atoms with Crippen LogP contribution in [0.25, 0.3) is 0 Å². The molecule has 2 aliphatic heterocycles. The molecule has 0 bridgehead atoms. The number of carbonyl (C=O) groups is 2. The fourth-order valence-corrected chi connectivity index (χ4v) is 3.45. The van der Waals surface area contributed by atoms with Crippen LogP contribution in [0.4, 0.5) is 0 Å².